The molecule has 5 aliphatic rings. The summed E-state index contributed by atoms with van der Waals surface area (Å²) >= 11 is 0. The summed E-state index contributed by atoms with van der Waals surface area (Å²) in [4.78, 5) is 70.6. The number of amides is 4. The van der Waals surface area contributed by atoms with Crippen molar-refractivity contribution in [1.29, 1.82) is 0 Å². The third kappa shape index (κ3) is 11.5. The molecule has 1 saturated carbocycles. The Balaban J connectivity index is 0.951. The summed E-state index contributed by atoms with van der Waals surface area (Å²) in [5, 5.41) is 15.3. The number of likely N-dealkylation sites (tertiary alicyclic amines) is 2. The van der Waals surface area contributed by atoms with Gasteiger partial charge in [-0.2, -0.15) is 0 Å². The number of benzene rings is 2. The first-order valence-corrected chi connectivity index (χ1v) is 26.9. The number of nitrogens with one attached hydrogen (secondary N) is 5. The van der Waals surface area contributed by atoms with Crippen molar-refractivity contribution in [2.75, 3.05) is 27.2 Å². The summed E-state index contributed by atoms with van der Waals surface area (Å²) in [6, 6.07) is 13.2. The summed E-state index contributed by atoms with van der Waals surface area (Å²) in [5.74, 6) is 0.719. The van der Waals surface area contributed by atoms with Crippen LogP contribution in [0.2, 0.25) is 0 Å². The molecule has 2 aromatic rings. The number of carbonyl (C=O) groups is 5. The first-order chi connectivity index (χ1) is 33.7. The standard InChI is InChI=1S/C58H83N7O5/c1-9-48(61-54(67)37(3)59-7)39(5)64-35-17-27-51(64)53(66)29-12-11-19-41-20-16-34-58(6)46(41)24-15-25-47(58)42-32-30-40(31-33-42)43-21-13-23-45-44(43)22-14-26-50(45)63-56(69)52-28-18-36-65(52)57(70)49(10-2)62-55(68)38(4)60-8/h13,15,21,23-25,30-33,37-38,41,46,48-52,59-60H,5,9-12,14,16-20,22,26-29,34-36H2,1-4,6-8H3,(H,61,67)(H,62,68)(H,63,69)/t37-,38-,41+,46?,48-,49?,50+,51-,52-,58?/m0/s1. The Labute approximate surface area is 418 Å². The first kappa shape index (κ1) is 52.7. The van der Waals surface area contributed by atoms with E-state index < -0.39 is 18.1 Å². The fraction of sp³-hybridized carbons (Fsp3) is 0.603. The van der Waals surface area contributed by atoms with Crippen molar-refractivity contribution < 1.29 is 24.0 Å². The van der Waals surface area contributed by atoms with Crippen LogP contribution >= 0.6 is 0 Å². The van der Waals surface area contributed by atoms with E-state index in [0.717, 1.165) is 88.4 Å². The van der Waals surface area contributed by atoms with Gasteiger partial charge in [-0.15, -0.1) is 0 Å². The predicted octanol–water partition coefficient (Wildman–Crippen LogP) is 8.33. The molecular formula is C58H83N7O5. The maximum absolute atomic E-state index is 14.0. The highest BCUT2D eigenvalue weighted by Crippen LogP contribution is 2.55. The maximum Gasteiger partial charge on any atom is 0.245 e. The van der Waals surface area contributed by atoms with Crippen molar-refractivity contribution in [3.05, 3.63) is 89.7 Å². The molecule has 0 bridgehead atoms. The van der Waals surface area contributed by atoms with Gasteiger partial charge >= 0.3 is 0 Å². The first-order valence-electron chi connectivity index (χ1n) is 26.9. The fourth-order valence-electron chi connectivity index (χ4n) is 12.5. The molecule has 12 nitrogen and oxygen atoms in total. The fourth-order valence-corrected chi connectivity index (χ4v) is 12.5. The van der Waals surface area contributed by atoms with Gasteiger partial charge in [0, 0.05) is 25.2 Å². The van der Waals surface area contributed by atoms with Crippen molar-refractivity contribution in [1.82, 2.24) is 36.4 Å². The highest BCUT2D eigenvalue weighted by molar-refractivity contribution is 5.93. The lowest BCUT2D eigenvalue weighted by Gasteiger charge is -2.48. The van der Waals surface area contributed by atoms with Crippen molar-refractivity contribution in [2.45, 2.75) is 180 Å². The van der Waals surface area contributed by atoms with Crippen LogP contribution in [0.5, 0.6) is 0 Å². The molecule has 70 heavy (non-hydrogen) atoms. The largest absolute Gasteiger partial charge is 0.364 e. The zero-order valence-electron chi connectivity index (χ0n) is 43.3. The second kappa shape index (κ2) is 23.9. The van der Waals surface area contributed by atoms with Gasteiger partial charge in [0.15, 0.2) is 5.78 Å². The van der Waals surface area contributed by atoms with Crippen LogP contribution in [0.25, 0.3) is 16.7 Å². The van der Waals surface area contributed by atoms with Gasteiger partial charge < -0.3 is 36.4 Å². The molecule has 7 rings (SSSR count). The Morgan fingerprint density at radius 1 is 0.771 bits per heavy atom. The van der Waals surface area contributed by atoms with Crippen molar-refractivity contribution in [3.63, 3.8) is 0 Å². The van der Waals surface area contributed by atoms with Crippen LogP contribution in [0.4, 0.5) is 0 Å². The molecule has 380 valence electrons. The van der Waals surface area contributed by atoms with Crippen LogP contribution in [0.3, 0.4) is 0 Å². The molecular weight excluding hydrogens is 875 g/mol. The molecule has 5 N–H and O–H groups in total. The highest BCUT2D eigenvalue weighted by Gasteiger charge is 2.45. The van der Waals surface area contributed by atoms with Gasteiger partial charge in [-0.05, 0) is 162 Å². The molecule has 0 spiro atoms. The average Bonchev–Trinajstić information content (AvgIpc) is 4.09. The van der Waals surface area contributed by atoms with Crippen molar-refractivity contribution >= 4 is 35.0 Å². The maximum atomic E-state index is 14.0. The number of fused-ring (bicyclic) bond motifs is 2. The van der Waals surface area contributed by atoms with Gasteiger partial charge in [0.1, 0.15) is 12.1 Å². The van der Waals surface area contributed by atoms with Crippen molar-refractivity contribution in [2.24, 2.45) is 17.3 Å². The summed E-state index contributed by atoms with van der Waals surface area (Å²) in [5.41, 5.74) is 8.36. The van der Waals surface area contributed by atoms with E-state index in [9.17, 15) is 24.0 Å². The number of nitrogens with zero attached hydrogens (tertiary/aromatic N) is 2. The van der Waals surface area contributed by atoms with Crippen molar-refractivity contribution in [3.8, 4) is 11.1 Å². The van der Waals surface area contributed by atoms with Crippen LogP contribution in [0.15, 0.2) is 73.0 Å². The van der Waals surface area contributed by atoms with Crippen LogP contribution in [-0.2, 0) is 30.4 Å². The zero-order chi connectivity index (χ0) is 50.1. The summed E-state index contributed by atoms with van der Waals surface area (Å²) in [6.07, 6.45) is 21.3. The van der Waals surface area contributed by atoms with Gasteiger partial charge in [0.2, 0.25) is 23.6 Å². The van der Waals surface area contributed by atoms with E-state index >= 15 is 0 Å². The number of hydrogen-bond donors (Lipinski definition) is 5. The van der Waals surface area contributed by atoms with Gasteiger partial charge in [0.25, 0.3) is 0 Å². The lowest BCUT2D eigenvalue weighted by Crippen LogP contribution is -2.55. The summed E-state index contributed by atoms with van der Waals surface area (Å²) in [6.45, 7) is 15.7. The third-order valence-electron chi connectivity index (χ3n) is 16.9. The number of rotatable bonds is 21. The lowest BCUT2D eigenvalue weighted by atomic mass is 9.56. The van der Waals surface area contributed by atoms with Crippen LogP contribution in [0.1, 0.15) is 154 Å². The highest BCUT2D eigenvalue weighted by atomic mass is 16.2. The minimum Gasteiger partial charge on any atom is -0.364 e. The molecule has 4 amide bonds. The van der Waals surface area contributed by atoms with E-state index in [1.165, 1.54) is 40.7 Å². The van der Waals surface area contributed by atoms with Crippen LogP contribution < -0.4 is 26.6 Å². The second-order valence-corrected chi connectivity index (χ2v) is 21.2. The van der Waals surface area contributed by atoms with Gasteiger partial charge in [-0.1, -0.05) is 101 Å². The molecule has 3 unspecified atom stereocenters. The molecule has 2 saturated heterocycles. The van der Waals surface area contributed by atoms with E-state index in [1.807, 2.05) is 13.8 Å². The molecule has 0 aromatic heterocycles. The Hall–Kier alpha value is -5.07. The molecule has 3 fully saturated rings. The number of likely N-dealkylation sites (N-methyl/N-ethyl adjacent to an activating group) is 2. The lowest BCUT2D eigenvalue weighted by molar-refractivity contribution is -0.141. The zero-order valence-corrected chi connectivity index (χ0v) is 43.3. The second-order valence-electron chi connectivity index (χ2n) is 21.2. The number of carbonyl (C=O) groups excluding carboxylic acids is 5. The van der Waals surface area contributed by atoms with Gasteiger partial charge in [0.05, 0.1) is 30.2 Å². The number of unbranched alkanes of at least 4 members (excludes halogenated alkanes) is 1. The van der Waals surface area contributed by atoms with E-state index in [-0.39, 0.29) is 53.2 Å². The van der Waals surface area contributed by atoms with E-state index in [4.69, 9.17) is 0 Å². The number of hydrogen-bond acceptors (Lipinski definition) is 8. The molecule has 10 atom stereocenters. The van der Waals surface area contributed by atoms with E-state index in [0.29, 0.717) is 43.4 Å². The Morgan fingerprint density at radius 2 is 1.43 bits per heavy atom. The summed E-state index contributed by atoms with van der Waals surface area (Å²) < 4.78 is 0. The summed E-state index contributed by atoms with van der Waals surface area (Å²) in [7, 11) is 3.49. The smallest absolute Gasteiger partial charge is 0.245 e. The quantitative estimate of drug-likeness (QED) is 0.0785. The van der Waals surface area contributed by atoms with Crippen LogP contribution in [-0.4, -0.2) is 103 Å². The molecule has 2 aliphatic heterocycles. The molecule has 3 aliphatic carbocycles. The van der Waals surface area contributed by atoms with Crippen LogP contribution in [0, 0.1) is 17.3 Å². The Bertz CT molecular complexity index is 2270. The topological polar surface area (TPSA) is 152 Å². The third-order valence-corrected chi connectivity index (χ3v) is 16.9. The molecule has 12 heteroatoms. The Kier molecular flexibility index (Phi) is 18.0. The number of allylic oxidation sites excluding steroid dienone is 4. The van der Waals surface area contributed by atoms with Gasteiger partial charge in [-0.25, -0.2) is 0 Å². The van der Waals surface area contributed by atoms with E-state index in [2.05, 4.69) is 113 Å². The minimum atomic E-state index is -0.672. The number of ketones is 1. The monoisotopic (exact) mass is 958 g/mol. The van der Waals surface area contributed by atoms with E-state index in [1.54, 1.807) is 25.9 Å². The molecule has 2 heterocycles. The number of Topliss-reactive ketones (excluding diaryl/α,β-unsaturated/α-hetero) is 1. The van der Waals surface area contributed by atoms with Gasteiger partial charge in [-0.3, -0.25) is 24.0 Å². The normalized spacial score (nSPS) is 25.7. The Morgan fingerprint density at radius 3 is 2.11 bits per heavy atom. The SMILES string of the molecule is C=C([C@H](CC)NC(=O)[C@H](C)NC)N1CCC[C@H]1C(=O)CCCC[C@@H]1CCCC2(C)C(c3ccc(-c4cccc5c4CCC[C@H]5NC(=O)[C@@H]4CCCN4C(=O)C(CC)NC(=O)[C@H](C)NC)cc3)=CC=CC12. The molecule has 2 aromatic carbocycles. The molecule has 0 radical (unpaired) electrons. The average molecular weight is 958 g/mol. The predicted molar refractivity (Wildman–Crippen MR) is 280 cm³/mol. The minimum absolute atomic E-state index is 0.0310.